The normalized spacial score (nSPS) is 14.1. The molecule has 10 nitrogen and oxygen atoms in total. The van der Waals surface area contributed by atoms with Gasteiger partial charge in [0.1, 0.15) is 5.82 Å². The van der Waals surface area contributed by atoms with Crippen molar-refractivity contribution in [3.05, 3.63) is 70.0 Å². The molecule has 1 fully saturated rings. The van der Waals surface area contributed by atoms with Crippen LogP contribution < -0.4 is 15.8 Å². The van der Waals surface area contributed by atoms with E-state index in [1.54, 1.807) is 19.1 Å². The first-order chi connectivity index (χ1) is 16.9. The van der Waals surface area contributed by atoms with Gasteiger partial charge >= 0.3 is 5.56 Å². The maximum atomic E-state index is 13.1. The molecule has 0 aliphatic carbocycles. The van der Waals surface area contributed by atoms with Crippen LogP contribution in [0.2, 0.25) is 0 Å². The standard InChI is InChI=1S/C24H26FN5O5/c1-2-29(19(31)15-28-10-12-35-13-11-28)18-4-3-9-30-22(18)27-20(21(32)24(30)34)23(33)26-14-16-5-7-17(25)8-6-16/h3-9,32H,2,10-15H2,1H3,(H,26,33). The third-order valence-corrected chi connectivity index (χ3v) is 5.76. The third kappa shape index (κ3) is 5.31. The van der Waals surface area contributed by atoms with Crippen molar-refractivity contribution >= 4 is 23.1 Å². The third-order valence-electron chi connectivity index (χ3n) is 5.76. The Labute approximate surface area is 200 Å². The fourth-order valence-electron chi connectivity index (χ4n) is 3.89. The van der Waals surface area contributed by atoms with Gasteiger partial charge in [0.25, 0.3) is 5.91 Å². The number of anilines is 1. The van der Waals surface area contributed by atoms with E-state index < -0.39 is 28.7 Å². The number of benzene rings is 1. The van der Waals surface area contributed by atoms with Crippen LogP contribution in [-0.4, -0.2) is 70.6 Å². The molecule has 11 heteroatoms. The quantitative estimate of drug-likeness (QED) is 0.518. The van der Waals surface area contributed by atoms with Gasteiger partial charge in [0, 0.05) is 32.4 Å². The lowest BCUT2D eigenvalue weighted by molar-refractivity contribution is -0.120. The molecule has 35 heavy (non-hydrogen) atoms. The number of morpholine rings is 1. The van der Waals surface area contributed by atoms with Crippen molar-refractivity contribution < 1.29 is 23.8 Å². The summed E-state index contributed by atoms with van der Waals surface area (Å²) >= 11 is 0. The fourth-order valence-corrected chi connectivity index (χ4v) is 3.89. The van der Waals surface area contributed by atoms with Crippen LogP contribution in [0.4, 0.5) is 10.1 Å². The molecule has 0 bridgehead atoms. The molecule has 2 amide bonds. The van der Waals surface area contributed by atoms with Gasteiger partial charge in [0.2, 0.25) is 11.7 Å². The second-order valence-corrected chi connectivity index (χ2v) is 8.04. The largest absolute Gasteiger partial charge is 0.501 e. The SMILES string of the molecule is CCN(C(=O)CN1CCOCC1)c1cccn2c(=O)c(O)c(C(=O)NCc3ccc(F)cc3)nc12. The number of carbonyl (C=O) groups excluding carboxylic acids is 2. The molecule has 2 aromatic heterocycles. The summed E-state index contributed by atoms with van der Waals surface area (Å²) in [6, 6.07) is 8.76. The summed E-state index contributed by atoms with van der Waals surface area (Å²) < 4.78 is 19.5. The lowest BCUT2D eigenvalue weighted by Crippen LogP contribution is -2.45. The van der Waals surface area contributed by atoms with Gasteiger partial charge in [0.15, 0.2) is 11.3 Å². The van der Waals surface area contributed by atoms with Crippen molar-refractivity contribution in [1.82, 2.24) is 19.6 Å². The van der Waals surface area contributed by atoms with E-state index in [1.807, 2.05) is 4.90 Å². The minimum absolute atomic E-state index is 0.0420. The maximum Gasteiger partial charge on any atom is 0.300 e. The molecule has 1 saturated heterocycles. The number of nitrogens with zero attached hydrogens (tertiary/aromatic N) is 4. The molecule has 1 aliphatic heterocycles. The van der Waals surface area contributed by atoms with Gasteiger partial charge in [-0.25, -0.2) is 9.37 Å². The zero-order valence-electron chi connectivity index (χ0n) is 19.2. The Kier molecular flexibility index (Phi) is 7.37. The van der Waals surface area contributed by atoms with Crippen molar-refractivity contribution in [2.75, 3.05) is 44.3 Å². The molecule has 2 N–H and O–H groups in total. The average Bonchev–Trinajstić information content (AvgIpc) is 2.87. The second-order valence-electron chi connectivity index (χ2n) is 8.04. The number of halogens is 1. The molecule has 1 aromatic carbocycles. The number of aromatic nitrogens is 2. The molecule has 3 aromatic rings. The molecule has 0 spiro atoms. The first-order valence-electron chi connectivity index (χ1n) is 11.3. The minimum Gasteiger partial charge on any atom is -0.501 e. The van der Waals surface area contributed by atoms with Crippen LogP contribution in [0, 0.1) is 5.82 Å². The Balaban J connectivity index is 1.64. The summed E-state index contributed by atoms with van der Waals surface area (Å²) in [6.45, 7) is 4.72. The topological polar surface area (TPSA) is 116 Å². The van der Waals surface area contributed by atoms with E-state index in [-0.39, 0.29) is 24.6 Å². The van der Waals surface area contributed by atoms with Crippen molar-refractivity contribution in [2.24, 2.45) is 0 Å². The minimum atomic E-state index is -0.833. The van der Waals surface area contributed by atoms with Gasteiger partial charge in [-0.05, 0) is 36.8 Å². The van der Waals surface area contributed by atoms with Gasteiger partial charge in [-0.1, -0.05) is 12.1 Å². The number of carbonyl (C=O) groups is 2. The summed E-state index contributed by atoms with van der Waals surface area (Å²) in [4.78, 5) is 46.5. The van der Waals surface area contributed by atoms with Gasteiger partial charge in [-0.2, -0.15) is 0 Å². The van der Waals surface area contributed by atoms with Gasteiger partial charge in [-0.3, -0.25) is 23.7 Å². The zero-order valence-corrected chi connectivity index (χ0v) is 19.2. The Morgan fingerprint density at radius 1 is 1.20 bits per heavy atom. The number of amides is 2. The first kappa shape index (κ1) is 24.3. The highest BCUT2D eigenvalue weighted by atomic mass is 19.1. The van der Waals surface area contributed by atoms with E-state index >= 15 is 0 Å². The number of rotatable bonds is 7. The number of nitrogens with one attached hydrogen (secondary N) is 1. The van der Waals surface area contributed by atoms with Crippen molar-refractivity contribution in [3.8, 4) is 5.75 Å². The Bertz CT molecular complexity index is 1290. The number of ether oxygens (including phenoxy) is 1. The molecule has 0 atom stereocenters. The highest BCUT2D eigenvalue weighted by molar-refractivity contribution is 5.99. The van der Waals surface area contributed by atoms with Gasteiger partial charge in [0.05, 0.1) is 25.4 Å². The predicted octanol–water partition coefficient (Wildman–Crippen LogP) is 1.15. The average molecular weight is 484 g/mol. The van der Waals surface area contributed by atoms with Crippen LogP contribution in [0.25, 0.3) is 5.65 Å². The first-order valence-corrected chi connectivity index (χ1v) is 11.3. The molecular weight excluding hydrogens is 457 g/mol. The molecule has 0 radical (unpaired) electrons. The number of hydrogen-bond acceptors (Lipinski definition) is 7. The van der Waals surface area contributed by atoms with Crippen LogP contribution in [0.5, 0.6) is 5.75 Å². The lowest BCUT2D eigenvalue weighted by Gasteiger charge is -2.29. The Morgan fingerprint density at radius 3 is 2.60 bits per heavy atom. The molecule has 1 aliphatic rings. The van der Waals surface area contributed by atoms with E-state index in [1.165, 1.54) is 35.4 Å². The molecule has 0 saturated carbocycles. The summed E-state index contributed by atoms with van der Waals surface area (Å²) in [5.74, 6) is -2.17. The highest BCUT2D eigenvalue weighted by Crippen LogP contribution is 2.22. The highest BCUT2D eigenvalue weighted by Gasteiger charge is 2.24. The maximum absolute atomic E-state index is 13.1. The Morgan fingerprint density at radius 2 is 1.91 bits per heavy atom. The van der Waals surface area contributed by atoms with Crippen LogP contribution >= 0.6 is 0 Å². The van der Waals surface area contributed by atoms with E-state index in [2.05, 4.69) is 10.3 Å². The van der Waals surface area contributed by atoms with Gasteiger partial charge < -0.3 is 20.1 Å². The lowest BCUT2D eigenvalue weighted by atomic mass is 10.2. The molecule has 4 rings (SSSR count). The summed E-state index contributed by atoms with van der Waals surface area (Å²) in [6.07, 6.45) is 1.41. The summed E-state index contributed by atoms with van der Waals surface area (Å²) in [5.41, 5.74) is -0.248. The monoisotopic (exact) mass is 483 g/mol. The van der Waals surface area contributed by atoms with Crippen molar-refractivity contribution in [3.63, 3.8) is 0 Å². The molecule has 0 unspecified atom stereocenters. The van der Waals surface area contributed by atoms with E-state index in [4.69, 9.17) is 4.74 Å². The van der Waals surface area contributed by atoms with E-state index in [9.17, 15) is 23.9 Å². The van der Waals surface area contributed by atoms with Gasteiger partial charge in [-0.15, -0.1) is 0 Å². The van der Waals surface area contributed by atoms with Crippen LogP contribution in [0.3, 0.4) is 0 Å². The molecule has 3 heterocycles. The predicted molar refractivity (Wildman–Crippen MR) is 126 cm³/mol. The van der Waals surface area contributed by atoms with E-state index in [0.717, 1.165) is 4.40 Å². The summed E-state index contributed by atoms with van der Waals surface area (Å²) in [7, 11) is 0. The number of pyridine rings is 1. The Hall–Kier alpha value is -3.83. The summed E-state index contributed by atoms with van der Waals surface area (Å²) in [5, 5.41) is 13.0. The number of likely N-dealkylation sites (N-methyl/N-ethyl adjacent to an activating group) is 1. The van der Waals surface area contributed by atoms with Crippen molar-refractivity contribution in [2.45, 2.75) is 13.5 Å². The van der Waals surface area contributed by atoms with Crippen molar-refractivity contribution in [1.29, 1.82) is 0 Å². The smallest absolute Gasteiger partial charge is 0.300 e. The fraction of sp³-hybridized carbons (Fsp3) is 0.333. The zero-order chi connectivity index (χ0) is 24.9. The number of hydrogen-bond donors (Lipinski definition) is 2. The second kappa shape index (κ2) is 10.6. The number of aromatic hydroxyl groups is 1. The van der Waals surface area contributed by atoms with E-state index in [0.29, 0.717) is 44.1 Å². The van der Waals surface area contributed by atoms with Crippen LogP contribution in [0.15, 0.2) is 47.4 Å². The van der Waals surface area contributed by atoms with Crippen LogP contribution in [0.1, 0.15) is 23.0 Å². The molecule has 184 valence electrons. The molecular formula is C24H26FN5O5. The van der Waals surface area contributed by atoms with Crippen LogP contribution in [-0.2, 0) is 16.1 Å². The number of fused-ring (bicyclic) bond motifs is 1.